The number of benzene rings is 1. The van der Waals surface area contributed by atoms with Crippen LogP contribution in [0.15, 0.2) is 29.2 Å². The first-order chi connectivity index (χ1) is 8.13. The van der Waals surface area contributed by atoms with Gasteiger partial charge in [0.2, 0.25) is 0 Å². The van der Waals surface area contributed by atoms with E-state index in [2.05, 4.69) is 56.6 Å². The fourth-order valence-electron chi connectivity index (χ4n) is 1.58. The second-order valence-corrected chi connectivity index (χ2v) is 5.25. The molecule has 0 heterocycles. The number of rotatable bonds is 7. The van der Waals surface area contributed by atoms with E-state index in [0.29, 0.717) is 12.1 Å². The summed E-state index contributed by atoms with van der Waals surface area (Å²) in [6.45, 7) is 7.97. The maximum absolute atomic E-state index is 5.50. The van der Waals surface area contributed by atoms with Crippen molar-refractivity contribution in [3.8, 4) is 0 Å². The Morgan fingerprint density at radius 1 is 1.18 bits per heavy atom. The van der Waals surface area contributed by atoms with Crippen molar-refractivity contribution in [2.75, 3.05) is 19.4 Å². The van der Waals surface area contributed by atoms with Crippen LogP contribution in [0, 0.1) is 0 Å². The second-order valence-electron chi connectivity index (χ2n) is 4.37. The molecule has 3 heteroatoms. The summed E-state index contributed by atoms with van der Waals surface area (Å²) < 4.78 is 5.50. The number of thioether (sulfide) groups is 1. The number of hydrogen-bond donors (Lipinski definition) is 1. The lowest BCUT2D eigenvalue weighted by Crippen LogP contribution is -2.24. The standard InChI is InChI=1S/C14H23NOS/c1-11(2)16-10-9-15-12(3)13-5-7-14(17-4)8-6-13/h5-8,11-12,15H,9-10H2,1-4H3. The van der Waals surface area contributed by atoms with Gasteiger partial charge in [-0.3, -0.25) is 0 Å². The van der Waals surface area contributed by atoms with Gasteiger partial charge in [-0.2, -0.15) is 0 Å². The van der Waals surface area contributed by atoms with Gasteiger partial charge in [0, 0.05) is 17.5 Å². The minimum Gasteiger partial charge on any atom is -0.377 e. The molecule has 0 amide bonds. The lowest BCUT2D eigenvalue weighted by molar-refractivity contribution is 0.0796. The molecule has 0 bridgehead atoms. The Hall–Kier alpha value is -0.510. The van der Waals surface area contributed by atoms with E-state index in [0.717, 1.165) is 13.2 Å². The molecule has 0 fully saturated rings. The molecule has 1 atom stereocenters. The highest BCUT2D eigenvalue weighted by molar-refractivity contribution is 7.98. The molecule has 17 heavy (non-hydrogen) atoms. The molecular formula is C14H23NOS. The summed E-state index contributed by atoms with van der Waals surface area (Å²) in [6, 6.07) is 9.09. The van der Waals surface area contributed by atoms with Crippen LogP contribution in [0.1, 0.15) is 32.4 Å². The molecule has 0 aliphatic heterocycles. The molecule has 1 rings (SSSR count). The van der Waals surface area contributed by atoms with Crippen molar-refractivity contribution in [2.45, 2.75) is 37.8 Å². The molecule has 0 saturated heterocycles. The fourth-order valence-corrected chi connectivity index (χ4v) is 1.99. The molecule has 1 unspecified atom stereocenters. The summed E-state index contributed by atoms with van der Waals surface area (Å²) in [4.78, 5) is 1.31. The lowest BCUT2D eigenvalue weighted by atomic mass is 10.1. The molecule has 0 spiro atoms. The minimum atomic E-state index is 0.313. The van der Waals surface area contributed by atoms with E-state index in [9.17, 15) is 0 Å². The van der Waals surface area contributed by atoms with Crippen LogP contribution in [0.5, 0.6) is 0 Å². The summed E-state index contributed by atoms with van der Waals surface area (Å²) >= 11 is 1.77. The van der Waals surface area contributed by atoms with Gasteiger partial charge in [-0.05, 0) is 44.7 Å². The zero-order chi connectivity index (χ0) is 12.7. The Balaban J connectivity index is 2.33. The van der Waals surface area contributed by atoms with Gasteiger partial charge in [0.15, 0.2) is 0 Å². The number of nitrogens with one attached hydrogen (secondary N) is 1. The van der Waals surface area contributed by atoms with Gasteiger partial charge in [-0.15, -0.1) is 11.8 Å². The third-order valence-corrected chi connectivity index (χ3v) is 3.36. The van der Waals surface area contributed by atoms with Crippen LogP contribution in [0.3, 0.4) is 0 Å². The highest BCUT2D eigenvalue weighted by atomic mass is 32.2. The molecule has 0 saturated carbocycles. The highest BCUT2D eigenvalue weighted by Gasteiger charge is 2.04. The third kappa shape index (κ3) is 5.57. The molecule has 0 aromatic heterocycles. The predicted octanol–water partition coefficient (Wildman–Crippen LogP) is 3.48. The lowest BCUT2D eigenvalue weighted by Gasteiger charge is -2.15. The molecular weight excluding hydrogens is 230 g/mol. The zero-order valence-corrected chi connectivity index (χ0v) is 12.0. The fraction of sp³-hybridized carbons (Fsp3) is 0.571. The van der Waals surface area contributed by atoms with Gasteiger partial charge < -0.3 is 10.1 Å². The van der Waals surface area contributed by atoms with Crippen LogP contribution in [0.4, 0.5) is 0 Å². The maximum atomic E-state index is 5.50. The van der Waals surface area contributed by atoms with E-state index in [1.54, 1.807) is 11.8 Å². The Labute approximate surface area is 109 Å². The minimum absolute atomic E-state index is 0.313. The largest absolute Gasteiger partial charge is 0.377 e. The van der Waals surface area contributed by atoms with Crippen LogP contribution < -0.4 is 5.32 Å². The first-order valence-electron chi connectivity index (χ1n) is 6.12. The van der Waals surface area contributed by atoms with Gasteiger partial charge in [-0.25, -0.2) is 0 Å². The Morgan fingerprint density at radius 2 is 1.82 bits per heavy atom. The van der Waals surface area contributed by atoms with Crippen molar-refractivity contribution in [3.05, 3.63) is 29.8 Å². The normalized spacial score (nSPS) is 13.0. The van der Waals surface area contributed by atoms with Crippen LogP contribution in [-0.2, 0) is 4.74 Å². The number of ether oxygens (including phenoxy) is 1. The van der Waals surface area contributed by atoms with Crippen molar-refractivity contribution in [3.63, 3.8) is 0 Å². The molecule has 0 radical (unpaired) electrons. The SMILES string of the molecule is CSc1ccc(C(C)NCCOC(C)C)cc1. The Bertz CT molecular complexity index is 311. The third-order valence-electron chi connectivity index (χ3n) is 2.62. The summed E-state index contributed by atoms with van der Waals surface area (Å²) in [5.41, 5.74) is 1.33. The summed E-state index contributed by atoms with van der Waals surface area (Å²) in [5, 5.41) is 3.46. The average Bonchev–Trinajstić information content (AvgIpc) is 2.34. The predicted molar refractivity (Wildman–Crippen MR) is 75.7 cm³/mol. The quantitative estimate of drug-likeness (QED) is 0.594. The summed E-state index contributed by atoms with van der Waals surface area (Å²) in [6.07, 6.45) is 2.41. The van der Waals surface area contributed by atoms with Gasteiger partial charge >= 0.3 is 0 Å². The van der Waals surface area contributed by atoms with Crippen molar-refractivity contribution in [1.82, 2.24) is 5.32 Å². The van der Waals surface area contributed by atoms with Crippen LogP contribution in [-0.4, -0.2) is 25.5 Å². The van der Waals surface area contributed by atoms with E-state index < -0.39 is 0 Å². The van der Waals surface area contributed by atoms with Gasteiger partial charge in [0.05, 0.1) is 12.7 Å². The van der Waals surface area contributed by atoms with Crippen molar-refractivity contribution in [1.29, 1.82) is 0 Å². The van der Waals surface area contributed by atoms with Crippen LogP contribution in [0.2, 0.25) is 0 Å². The van der Waals surface area contributed by atoms with Gasteiger partial charge in [0.1, 0.15) is 0 Å². The topological polar surface area (TPSA) is 21.3 Å². The molecule has 1 aromatic carbocycles. The Morgan fingerprint density at radius 3 is 2.35 bits per heavy atom. The second kappa shape index (κ2) is 7.75. The van der Waals surface area contributed by atoms with E-state index in [1.165, 1.54) is 10.5 Å². The first-order valence-corrected chi connectivity index (χ1v) is 7.35. The molecule has 0 aliphatic carbocycles. The van der Waals surface area contributed by atoms with Gasteiger partial charge in [-0.1, -0.05) is 12.1 Å². The summed E-state index contributed by atoms with van der Waals surface area (Å²) in [5.74, 6) is 0. The first kappa shape index (κ1) is 14.6. The van der Waals surface area contributed by atoms with E-state index in [-0.39, 0.29) is 0 Å². The maximum Gasteiger partial charge on any atom is 0.0594 e. The monoisotopic (exact) mass is 253 g/mol. The Kier molecular flexibility index (Phi) is 6.63. The smallest absolute Gasteiger partial charge is 0.0594 e. The summed E-state index contributed by atoms with van der Waals surface area (Å²) in [7, 11) is 0. The average molecular weight is 253 g/mol. The molecule has 0 aliphatic rings. The van der Waals surface area contributed by atoms with Crippen molar-refractivity contribution < 1.29 is 4.74 Å². The zero-order valence-electron chi connectivity index (χ0n) is 11.2. The molecule has 96 valence electrons. The molecule has 1 aromatic rings. The van der Waals surface area contributed by atoms with E-state index in [4.69, 9.17) is 4.74 Å². The van der Waals surface area contributed by atoms with Crippen molar-refractivity contribution in [2.24, 2.45) is 0 Å². The van der Waals surface area contributed by atoms with E-state index >= 15 is 0 Å². The van der Waals surface area contributed by atoms with Crippen LogP contribution in [0.25, 0.3) is 0 Å². The number of hydrogen-bond acceptors (Lipinski definition) is 3. The van der Waals surface area contributed by atoms with Crippen molar-refractivity contribution >= 4 is 11.8 Å². The molecule has 1 N–H and O–H groups in total. The highest BCUT2D eigenvalue weighted by Crippen LogP contribution is 2.18. The molecule has 2 nitrogen and oxygen atoms in total. The van der Waals surface area contributed by atoms with Crippen LogP contribution >= 0.6 is 11.8 Å². The van der Waals surface area contributed by atoms with E-state index in [1.807, 2.05) is 0 Å². The van der Waals surface area contributed by atoms with Gasteiger partial charge in [0.25, 0.3) is 0 Å².